The number of hydrogen-bond donors (Lipinski definition) is 2. The third-order valence-corrected chi connectivity index (χ3v) is 5.37. The van der Waals surface area contributed by atoms with Gasteiger partial charge >= 0.3 is 0 Å². The van der Waals surface area contributed by atoms with Gasteiger partial charge in [-0.3, -0.25) is 0 Å². The van der Waals surface area contributed by atoms with E-state index in [2.05, 4.69) is 16.7 Å². The Hall–Kier alpha value is -3.60. The highest BCUT2D eigenvalue weighted by Gasteiger charge is 2.17. The van der Waals surface area contributed by atoms with E-state index in [1.807, 2.05) is 72.8 Å². The van der Waals surface area contributed by atoms with Crippen LogP contribution in [0.5, 0.6) is 11.5 Å². The van der Waals surface area contributed by atoms with Crippen molar-refractivity contribution in [2.45, 2.75) is 31.7 Å². The molecule has 0 amide bonds. The van der Waals surface area contributed by atoms with Crippen LogP contribution in [0, 0.1) is 0 Å². The molecular formula is C25H24N4O. The van der Waals surface area contributed by atoms with Gasteiger partial charge in [0.25, 0.3) is 0 Å². The van der Waals surface area contributed by atoms with Crippen LogP contribution in [0.2, 0.25) is 0 Å². The van der Waals surface area contributed by atoms with Gasteiger partial charge in [-0.25, -0.2) is 4.98 Å². The number of nitrogens with zero attached hydrogens (tertiary/aromatic N) is 2. The summed E-state index contributed by atoms with van der Waals surface area (Å²) >= 11 is 0. The Bertz CT molecular complexity index is 1140. The molecule has 1 fully saturated rings. The Labute approximate surface area is 176 Å². The first-order chi connectivity index (χ1) is 14.8. The summed E-state index contributed by atoms with van der Waals surface area (Å²) in [7, 11) is 0. The van der Waals surface area contributed by atoms with Crippen LogP contribution < -0.4 is 15.4 Å². The summed E-state index contributed by atoms with van der Waals surface area (Å²) in [5, 5.41) is 8.04. The van der Waals surface area contributed by atoms with Gasteiger partial charge in [-0.05, 0) is 49.2 Å². The van der Waals surface area contributed by atoms with Gasteiger partial charge in [0.2, 0.25) is 5.95 Å². The van der Waals surface area contributed by atoms with Crippen LogP contribution in [0.1, 0.15) is 25.7 Å². The minimum atomic E-state index is 0.485. The third kappa shape index (κ3) is 4.20. The van der Waals surface area contributed by atoms with Gasteiger partial charge < -0.3 is 15.4 Å². The maximum absolute atomic E-state index is 5.95. The maximum atomic E-state index is 5.95. The van der Waals surface area contributed by atoms with Crippen LogP contribution in [-0.4, -0.2) is 16.0 Å². The lowest BCUT2D eigenvalue weighted by atomic mass is 10.2. The highest BCUT2D eigenvalue weighted by molar-refractivity contribution is 5.90. The van der Waals surface area contributed by atoms with E-state index >= 15 is 0 Å². The Morgan fingerprint density at radius 1 is 0.767 bits per heavy atom. The second kappa shape index (κ2) is 8.41. The van der Waals surface area contributed by atoms with Crippen molar-refractivity contribution in [3.8, 4) is 11.5 Å². The molecule has 0 radical (unpaired) electrons. The van der Waals surface area contributed by atoms with E-state index < -0.39 is 0 Å². The molecule has 5 rings (SSSR count). The number of para-hydroxylation sites is 2. The molecule has 1 aliphatic rings. The molecule has 5 nitrogen and oxygen atoms in total. The standard InChI is InChI=1S/C25H24N4O/c1-2-12-20(13-3-1)30-21-14-8-11-19(17-21)27-25-28-23-16-7-6-15-22(23)24(29-25)26-18-9-4-5-10-18/h1-3,6-8,11-18H,4-5,9-10H2,(H2,26,27,28,29). The summed E-state index contributed by atoms with van der Waals surface area (Å²) in [6.07, 6.45) is 4.94. The van der Waals surface area contributed by atoms with Crippen molar-refractivity contribution in [2.75, 3.05) is 10.6 Å². The fourth-order valence-corrected chi connectivity index (χ4v) is 3.90. The molecule has 30 heavy (non-hydrogen) atoms. The van der Waals surface area contributed by atoms with Gasteiger partial charge in [-0.15, -0.1) is 0 Å². The van der Waals surface area contributed by atoms with Gasteiger partial charge in [-0.1, -0.05) is 49.2 Å². The number of hydrogen-bond acceptors (Lipinski definition) is 5. The molecule has 0 atom stereocenters. The number of benzene rings is 3. The predicted molar refractivity (Wildman–Crippen MR) is 122 cm³/mol. The first-order valence-corrected chi connectivity index (χ1v) is 10.5. The summed E-state index contributed by atoms with van der Waals surface area (Å²) in [5.41, 5.74) is 1.80. The second-order valence-electron chi connectivity index (χ2n) is 7.61. The fraction of sp³-hybridized carbons (Fsp3) is 0.200. The highest BCUT2D eigenvalue weighted by Crippen LogP contribution is 2.29. The predicted octanol–water partition coefficient (Wildman–Crippen LogP) is 6.52. The van der Waals surface area contributed by atoms with E-state index in [-0.39, 0.29) is 0 Å². The molecule has 1 aromatic heterocycles. The number of anilines is 3. The van der Waals surface area contributed by atoms with Crippen molar-refractivity contribution >= 4 is 28.4 Å². The van der Waals surface area contributed by atoms with Crippen molar-refractivity contribution in [3.63, 3.8) is 0 Å². The number of nitrogens with one attached hydrogen (secondary N) is 2. The van der Waals surface area contributed by atoms with Crippen molar-refractivity contribution in [1.82, 2.24) is 9.97 Å². The summed E-state index contributed by atoms with van der Waals surface area (Å²) in [6.45, 7) is 0. The van der Waals surface area contributed by atoms with Crippen LogP contribution in [-0.2, 0) is 0 Å². The lowest BCUT2D eigenvalue weighted by Crippen LogP contribution is -2.16. The van der Waals surface area contributed by atoms with Crippen LogP contribution in [0.25, 0.3) is 10.9 Å². The van der Waals surface area contributed by atoms with Gasteiger partial charge in [0, 0.05) is 23.2 Å². The molecule has 0 saturated heterocycles. The molecule has 1 heterocycles. The molecule has 2 N–H and O–H groups in total. The Morgan fingerprint density at radius 2 is 1.53 bits per heavy atom. The molecule has 1 aliphatic carbocycles. The molecule has 0 unspecified atom stereocenters. The monoisotopic (exact) mass is 396 g/mol. The van der Waals surface area contributed by atoms with Gasteiger partial charge in [-0.2, -0.15) is 4.98 Å². The van der Waals surface area contributed by atoms with Gasteiger partial charge in [0.05, 0.1) is 5.52 Å². The van der Waals surface area contributed by atoms with E-state index in [0.717, 1.165) is 33.9 Å². The van der Waals surface area contributed by atoms with Gasteiger partial charge in [0.15, 0.2) is 0 Å². The number of ether oxygens (including phenoxy) is 1. The summed E-state index contributed by atoms with van der Waals surface area (Å²) in [6, 6.07) is 26.2. The van der Waals surface area contributed by atoms with Crippen molar-refractivity contribution < 1.29 is 4.74 Å². The molecule has 0 bridgehead atoms. The second-order valence-corrected chi connectivity index (χ2v) is 7.61. The molecule has 0 spiro atoms. The normalized spacial score (nSPS) is 14.0. The maximum Gasteiger partial charge on any atom is 0.229 e. The van der Waals surface area contributed by atoms with Crippen LogP contribution in [0.15, 0.2) is 78.9 Å². The van der Waals surface area contributed by atoms with Crippen molar-refractivity contribution in [2.24, 2.45) is 0 Å². The minimum Gasteiger partial charge on any atom is -0.457 e. The zero-order valence-electron chi connectivity index (χ0n) is 16.7. The molecular weight excluding hydrogens is 372 g/mol. The van der Waals surface area contributed by atoms with E-state index in [4.69, 9.17) is 14.7 Å². The Morgan fingerprint density at radius 3 is 2.40 bits per heavy atom. The minimum absolute atomic E-state index is 0.485. The van der Waals surface area contributed by atoms with Crippen LogP contribution in [0.3, 0.4) is 0 Å². The van der Waals surface area contributed by atoms with E-state index in [9.17, 15) is 0 Å². The van der Waals surface area contributed by atoms with E-state index in [0.29, 0.717) is 12.0 Å². The molecule has 4 aromatic rings. The van der Waals surface area contributed by atoms with Crippen molar-refractivity contribution in [3.05, 3.63) is 78.9 Å². The molecule has 1 saturated carbocycles. The molecule has 0 aliphatic heterocycles. The summed E-state index contributed by atoms with van der Waals surface area (Å²) in [4.78, 5) is 9.52. The molecule has 150 valence electrons. The number of rotatable bonds is 6. The fourth-order valence-electron chi connectivity index (χ4n) is 3.90. The average Bonchev–Trinajstić information content (AvgIpc) is 3.28. The number of fused-ring (bicyclic) bond motifs is 1. The Kier molecular flexibility index (Phi) is 5.17. The molecule has 5 heteroatoms. The SMILES string of the molecule is c1ccc(Oc2cccc(Nc3nc(NC4CCCC4)c4ccccc4n3)c2)cc1. The summed E-state index contributed by atoms with van der Waals surface area (Å²) < 4.78 is 5.95. The van der Waals surface area contributed by atoms with E-state index in [1.54, 1.807) is 0 Å². The van der Waals surface area contributed by atoms with Gasteiger partial charge in [0.1, 0.15) is 17.3 Å². The lowest BCUT2D eigenvalue weighted by molar-refractivity contribution is 0.483. The first-order valence-electron chi connectivity index (χ1n) is 10.5. The number of aromatic nitrogens is 2. The molecule has 3 aromatic carbocycles. The topological polar surface area (TPSA) is 59.1 Å². The smallest absolute Gasteiger partial charge is 0.229 e. The highest BCUT2D eigenvalue weighted by atomic mass is 16.5. The Balaban J connectivity index is 1.41. The zero-order chi connectivity index (χ0) is 20.2. The first kappa shape index (κ1) is 18.4. The van der Waals surface area contributed by atoms with Crippen molar-refractivity contribution in [1.29, 1.82) is 0 Å². The van der Waals surface area contributed by atoms with Crippen LogP contribution >= 0.6 is 0 Å². The van der Waals surface area contributed by atoms with E-state index in [1.165, 1.54) is 25.7 Å². The lowest BCUT2D eigenvalue weighted by Gasteiger charge is -2.16. The third-order valence-electron chi connectivity index (χ3n) is 5.37. The van der Waals surface area contributed by atoms with Crippen LogP contribution in [0.4, 0.5) is 17.5 Å². The quantitative estimate of drug-likeness (QED) is 0.388. The zero-order valence-corrected chi connectivity index (χ0v) is 16.7. The average molecular weight is 396 g/mol. The largest absolute Gasteiger partial charge is 0.457 e. The summed E-state index contributed by atoms with van der Waals surface area (Å²) in [5.74, 6) is 3.04.